The van der Waals surface area contributed by atoms with Gasteiger partial charge in [-0.15, -0.1) is 11.3 Å². The Morgan fingerprint density at radius 2 is 2.04 bits per heavy atom. The van der Waals surface area contributed by atoms with E-state index in [4.69, 9.17) is 4.74 Å². The number of thiazole rings is 1. The van der Waals surface area contributed by atoms with Crippen molar-refractivity contribution in [2.75, 3.05) is 5.32 Å². The molecule has 0 fully saturated rings. The average Bonchev–Trinajstić information content (AvgIpc) is 3.29. The zero-order valence-corrected chi connectivity index (χ0v) is 17.4. The van der Waals surface area contributed by atoms with Gasteiger partial charge < -0.3 is 9.30 Å². The number of pyridine rings is 1. The number of hydrogen-bond acceptors (Lipinski definition) is 6. The second-order valence-electron chi connectivity index (χ2n) is 7.22. The van der Waals surface area contributed by atoms with Gasteiger partial charge in [-0.3, -0.25) is 15.1 Å². The highest BCUT2D eigenvalue weighted by molar-refractivity contribution is 7.14. The fourth-order valence-electron chi connectivity index (χ4n) is 2.91. The van der Waals surface area contributed by atoms with Crippen molar-refractivity contribution in [2.45, 2.75) is 52.4 Å². The molecule has 7 nitrogen and oxygen atoms in total. The van der Waals surface area contributed by atoms with Crippen LogP contribution in [0, 0.1) is 0 Å². The average molecular weight is 400 g/mol. The number of aryl methyl sites for hydroxylation is 2. The Labute approximate surface area is 168 Å². The molecule has 0 bridgehead atoms. The van der Waals surface area contributed by atoms with E-state index < -0.39 is 5.60 Å². The topological polar surface area (TPSA) is 81.9 Å². The van der Waals surface area contributed by atoms with Crippen LogP contribution in [0.15, 0.2) is 42.3 Å². The van der Waals surface area contributed by atoms with Gasteiger partial charge in [-0.25, -0.2) is 9.97 Å². The van der Waals surface area contributed by atoms with Crippen molar-refractivity contribution in [3.8, 4) is 0 Å². The van der Waals surface area contributed by atoms with E-state index in [-0.39, 0.29) is 12.0 Å². The second kappa shape index (κ2) is 8.62. The lowest BCUT2D eigenvalue weighted by Gasteiger charge is -2.25. The number of amides is 1. The molecule has 3 rings (SSSR count). The molecule has 0 spiro atoms. The van der Waals surface area contributed by atoms with Crippen LogP contribution < -0.4 is 5.32 Å². The highest BCUT2D eigenvalue weighted by Gasteiger charge is 2.26. The summed E-state index contributed by atoms with van der Waals surface area (Å²) in [6.45, 7) is 8.58. The van der Waals surface area contributed by atoms with Crippen molar-refractivity contribution in [2.24, 2.45) is 0 Å². The van der Waals surface area contributed by atoms with Crippen molar-refractivity contribution in [3.63, 3.8) is 0 Å². The van der Waals surface area contributed by atoms with Gasteiger partial charge in [0.1, 0.15) is 5.60 Å². The standard InChI is InChI=1S/C20H25N5O2S/c1-14(2)27-20(3,4)16-13-28-19(23-16)24-18(26)17-22-10-12-25(17)11-7-15-5-8-21-9-6-15/h5-6,8-10,12-14H,7,11H2,1-4H3,(H,23,24,26). The van der Waals surface area contributed by atoms with Crippen molar-refractivity contribution < 1.29 is 9.53 Å². The van der Waals surface area contributed by atoms with Gasteiger partial charge in [0.05, 0.1) is 11.8 Å². The van der Waals surface area contributed by atoms with Gasteiger partial charge in [-0.2, -0.15) is 0 Å². The summed E-state index contributed by atoms with van der Waals surface area (Å²) in [5, 5.41) is 5.29. The van der Waals surface area contributed by atoms with Gasteiger partial charge in [0.25, 0.3) is 5.91 Å². The lowest BCUT2D eigenvalue weighted by atomic mass is 10.1. The maximum Gasteiger partial charge on any atom is 0.293 e. The number of aromatic nitrogens is 4. The number of rotatable bonds is 8. The lowest BCUT2D eigenvalue weighted by molar-refractivity contribution is -0.0623. The van der Waals surface area contributed by atoms with E-state index in [1.54, 1.807) is 18.6 Å². The van der Waals surface area contributed by atoms with Gasteiger partial charge in [0.2, 0.25) is 0 Å². The largest absolute Gasteiger partial charge is 0.367 e. The molecule has 3 heterocycles. The molecular weight excluding hydrogens is 374 g/mol. The molecule has 0 aliphatic heterocycles. The van der Waals surface area contributed by atoms with Crippen molar-refractivity contribution in [3.05, 3.63) is 59.4 Å². The third kappa shape index (κ3) is 5.02. The van der Waals surface area contributed by atoms with E-state index in [1.165, 1.54) is 11.3 Å². The van der Waals surface area contributed by atoms with Crippen LogP contribution in [-0.4, -0.2) is 31.5 Å². The van der Waals surface area contributed by atoms with Crippen LogP contribution in [0.3, 0.4) is 0 Å². The van der Waals surface area contributed by atoms with E-state index in [2.05, 4.69) is 20.3 Å². The maximum atomic E-state index is 12.7. The molecule has 1 amide bonds. The van der Waals surface area contributed by atoms with E-state index in [0.29, 0.717) is 17.5 Å². The zero-order chi connectivity index (χ0) is 20.1. The number of ether oxygens (including phenoxy) is 1. The maximum absolute atomic E-state index is 12.7. The summed E-state index contributed by atoms with van der Waals surface area (Å²) in [6.07, 6.45) is 7.85. The number of nitrogens with zero attached hydrogens (tertiary/aromatic N) is 4. The third-order valence-electron chi connectivity index (χ3n) is 4.18. The monoisotopic (exact) mass is 399 g/mol. The highest BCUT2D eigenvalue weighted by atomic mass is 32.1. The summed E-state index contributed by atoms with van der Waals surface area (Å²) >= 11 is 1.38. The number of imidazole rings is 1. The van der Waals surface area contributed by atoms with Crippen LogP contribution in [0.4, 0.5) is 5.13 Å². The Morgan fingerprint density at radius 1 is 1.29 bits per heavy atom. The predicted octanol–water partition coefficient (Wildman–Crippen LogP) is 3.89. The van der Waals surface area contributed by atoms with Crippen LogP contribution in [0.2, 0.25) is 0 Å². The van der Waals surface area contributed by atoms with Crippen LogP contribution in [-0.2, 0) is 23.3 Å². The summed E-state index contributed by atoms with van der Waals surface area (Å²) < 4.78 is 7.76. The molecule has 0 saturated carbocycles. The molecule has 3 aromatic rings. The summed E-state index contributed by atoms with van der Waals surface area (Å²) in [7, 11) is 0. The second-order valence-corrected chi connectivity index (χ2v) is 8.08. The first kappa shape index (κ1) is 20.2. The first-order valence-electron chi connectivity index (χ1n) is 9.20. The summed E-state index contributed by atoms with van der Waals surface area (Å²) in [5.41, 5.74) is 1.44. The number of carbonyl (C=O) groups is 1. The fraction of sp³-hybridized carbons (Fsp3) is 0.400. The zero-order valence-electron chi connectivity index (χ0n) is 16.5. The van der Waals surface area contributed by atoms with E-state index in [1.807, 2.05) is 56.0 Å². The first-order chi connectivity index (χ1) is 13.3. The normalized spacial score (nSPS) is 11.8. The molecule has 0 atom stereocenters. The van der Waals surface area contributed by atoms with Crippen molar-refractivity contribution in [1.82, 2.24) is 19.5 Å². The molecule has 8 heteroatoms. The predicted molar refractivity (Wildman–Crippen MR) is 109 cm³/mol. The van der Waals surface area contributed by atoms with Gasteiger partial charge in [-0.1, -0.05) is 0 Å². The lowest BCUT2D eigenvalue weighted by Crippen LogP contribution is -2.26. The number of carbonyl (C=O) groups excluding carboxylic acids is 1. The Bertz CT molecular complexity index is 918. The molecule has 0 aliphatic rings. The fourth-order valence-corrected chi connectivity index (χ4v) is 3.77. The minimum absolute atomic E-state index is 0.0858. The Balaban J connectivity index is 1.65. The quantitative estimate of drug-likeness (QED) is 0.621. The highest BCUT2D eigenvalue weighted by Crippen LogP contribution is 2.29. The Kier molecular flexibility index (Phi) is 6.21. The minimum atomic E-state index is -0.517. The summed E-state index contributed by atoms with van der Waals surface area (Å²) in [6, 6.07) is 3.93. The molecule has 1 N–H and O–H groups in total. The number of anilines is 1. The first-order valence-corrected chi connectivity index (χ1v) is 10.1. The van der Waals surface area contributed by atoms with Gasteiger partial charge in [0, 0.05) is 36.7 Å². The molecule has 0 radical (unpaired) electrons. The van der Waals surface area contributed by atoms with Crippen molar-refractivity contribution >= 4 is 22.4 Å². The van der Waals surface area contributed by atoms with E-state index in [0.717, 1.165) is 17.7 Å². The SMILES string of the molecule is CC(C)OC(C)(C)c1csc(NC(=O)c2nccn2CCc2ccncc2)n1. The smallest absolute Gasteiger partial charge is 0.293 e. The van der Waals surface area contributed by atoms with Crippen LogP contribution in [0.1, 0.15) is 49.6 Å². The van der Waals surface area contributed by atoms with Crippen LogP contribution in [0.25, 0.3) is 0 Å². The molecule has 3 aromatic heterocycles. The minimum Gasteiger partial charge on any atom is -0.367 e. The molecule has 148 valence electrons. The van der Waals surface area contributed by atoms with E-state index >= 15 is 0 Å². The molecule has 28 heavy (non-hydrogen) atoms. The number of hydrogen-bond donors (Lipinski definition) is 1. The molecule has 0 aliphatic carbocycles. The molecule has 0 aromatic carbocycles. The van der Waals surface area contributed by atoms with Gasteiger partial charge in [-0.05, 0) is 51.8 Å². The number of nitrogens with one attached hydrogen (secondary N) is 1. The molecule has 0 saturated heterocycles. The van der Waals surface area contributed by atoms with Gasteiger partial charge in [0.15, 0.2) is 11.0 Å². The third-order valence-corrected chi connectivity index (χ3v) is 4.94. The summed E-state index contributed by atoms with van der Waals surface area (Å²) in [5.74, 6) is 0.0895. The Hall–Kier alpha value is -2.58. The van der Waals surface area contributed by atoms with Crippen LogP contribution in [0.5, 0.6) is 0 Å². The molecular formula is C20H25N5O2S. The van der Waals surface area contributed by atoms with E-state index in [9.17, 15) is 4.79 Å². The Morgan fingerprint density at radius 3 is 2.75 bits per heavy atom. The molecule has 0 unspecified atom stereocenters. The summed E-state index contributed by atoms with van der Waals surface area (Å²) in [4.78, 5) is 25.4. The van der Waals surface area contributed by atoms with Gasteiger partial charge >= 0.3 is 0 Å². The van der Waals surface area contributed by atoms with Crippen molar-refractivity contribution in [1.29, 1.82) is 0 Å². The van der Waals surface area contributed by atoms with Crippen LogP contribution >= 0.6 is 11.3 Å².